The molecule has 1 aliphatic rings. The van der Waals surface area contributed by atoms with E-state index < -0.39 is 22.8 Å². The monoisotopic (exact) mass is 570 g/mol. The zero-order chi connectivity index (χ0) is 28.3. The third-order valence-corrected chi connectivity index (χ3v) is 7.96. The SMILES string of the molecule is O=C(CN1C(=O)CS[C@H](c2ccc(F)cc2F)c2c(-c3ccccc3)nn(-c3ccccc3)c21)NCc1ccco1. The first-order valence-corrected chi connectivity index (χ1v) is 13.9. The van der Waals surface area contributed by atoms with E-state index in [-0.39, 0.29) is 30.3 Å². The largest absolute Gasteiger partial charge is 0.467 e. The summed E-state index contributed by atoms with van der Waals surface area (Å²) in [4.78, 5) is 28.3. The number of hydrogen-bond acceptors (Lipinski definition) is 5. The van der Waals surface area contributed by atoms with Gasteiger partial charge < -0.3 is 9.73 Å². The normalized spacial score (nSPS) is 14.9. The van der Waals surface area contributed by atoms with Gasteiger partial charge in [-0.15, -0.1) is 11.8 Å². The van der Waals surface area contributed by atoms with Crippen molar-refractivity contribution in [2.75, 3.05) is 17.2 Å². The highest BCUT2D eigenvalue weighted by molar-refractivity contribution is 8.00. The molecule has 6 rings (SSSR count). The lowest BCUT2D eigenvalue weighted by atomic mass is 9.99. The lowest BCUT2D eigenvalue weighted by Gasteiger charge is -2.23. The molecule has 206 valence electrons. The molecular formula is C31H24F2N4O3S. The van der Waals surface area contributed by atoms with Gasteiger partial charge in [-0.1, -0.05) is 54.6 Å². The van der Waals surface area contributed by atoms with Gasteiger partial charge in [0.2, 0.25) is 11.8 Å². The average Bonchev–Trinajstić information content (AvgIpc) is 3.62. The van der Waals surface area contributed by atoms with Gasteiger partial charge in [0.15, 0.2) is 0 Å². The Balaban J connectivity index is 1.54. The van der Waals surface area contributed by atoms with Crippen LogP contribution in [-0.4, -0.2) is 33.9 Å². The van der Waals surface area contributed by atoms with Crippen LogP contribution in [0.3, 0.4) is 0 Å². The van der Waals surface area contributed by atoms with Crippen LogP contribution < -0.4 is 10.2 Å². The maximum absolute atomic E-state index is 15.3. The maximum atomic E-state index is 15.3. The molecule has 0 spiro atoms. The van der Waals surface area contributed by atoms with E-state index in [2.05, 4.69) is 5.32 Å². The Morgan fingerprint density at radius 3 is 2.46 bits per heavy atom. The molecule has 3 aromatic carbocycles. The van der Waals surface area contributed by atoms with Crippen molar-refractivity contribution >= 4 is 29.4 Å². The van der Waals surface area contributed by atoms with E-state index in [0.29, 0.717) is 28.5 Å². The van der Waals surface area contributed by atoms with Crippen molar-refractivity contribution in [3.8, 4) is 16.9 Å². The number of anilines is 1. The van der Waals surface area contributed by atoms with E-state index in [1.165, 1.54) is 35.1 Å². The number of carbonyl (C=O) groups is 2. The number of amides is 2. The predicted molar refractivity (Wildman–Crippen MR) is 153 cm³/mol. The molecule has 10 heteroatoms. The smallest absolute Gasteiger partial charge is 0.240 e. The highest BCUT2D eigenvalue weighted by atomic mass is 32.2. The Kier molecular flexibility index (Phi) is 7.39. The summed E-state index contributed by atoms with van der Waals surface area (Å²) in [7, 11) is 0. The Bertz CT molecular complexity index is 1690. The van der Waals surface area contributed by atoms with Gasteiger partial charge in [-0.25, -0.2) is 13.5 Å². The van der Waals surface area contributed by atoms with Gasteiger partial charge in [0.25, 0.3) is 0 Å². The number of para-hydroxylation sites is 1. The minimum absolute atomic E-state index is 0.0371. The third kappa shape index (κ3) is 5.38. The van der Waals surface area contributed by atoms with Gasteiger partial charge in [0.1, 0.15) is 29.8 Å². The first-order chi connectivity index (χ1) is 20.0. The van der Waals surface area contributed by atoms with Crippen molar-refractivity contribution in [3.05, 3.63) is 126 Å². The Morgan fingerprint density at radius 1 is 1.00 bits per heavy atom. The van der Waals surface area contributed by atoms with Crippen LogP contribution in [0.4, 0.5) is 14.6 Å². The topological polar surface area (TPSA) is 80.4 Å². The fourth-order valence-corrected chi connectivity index (χ4v) is 6.06. The first-order valence-electron chi connectivity index (χ1n) is 12.9. The molecule has 1 aliphatic heterocycles. The number of nitrogens with one attached hydrogen (secondary N) is 1. The number of thioether (sulfide) groups is 1. The second-order valence-corrected chi connectivity index (χ2v) is 10.5. The van der Waals surface area contributed by atoms with Crippen molar-refractivity contribution in [2.45, 2.75) is 11.8 Å². The summed E-state index contributed by atoms with van der Waals surface area (Å²) in [5, 5.41) is 7.03. The maximum Gasteiger partial charge on any atom is 0.240 e. The molecule has 0 aliphatic carbocycles. The van der Waals surface area contributed by atoms with Crippen LogP contribution in [0.5, 0.6) is 0 Å². The summed E-state index contributed by atoms with van der Waals surface area (Å²) in [5.41, 5.74) is 2.72. The number of rotatable bonds is 7. The Labute approximate surface area is 238 Å². The summed E-state index contributed by atoms with van der Waals surface area (Å²) in [6.07, 6.45) is 1.52. The van der Waals surface area contributed by atoms with E-state index in [1.54, 1.807) is 16.8 Å². The van der Waals surface area contributed by atoms with E-state index in [1.807, 2.05) is 60.7 Å². The highest BCUT2D eigenvalue weighted by Gasteiger charge is 2.38. The Hall–Kier alpha value is -4.70. The number of halogens is 2. The molecule has 0 saturated carbocycles. The highest BCUT2D eigenvalue weighted by Crippen LogP contribution is 2.49. The van der Waals surface area contributed by atoms with Gasteiger partial charge in [0.05, 0.1) is 35.2 Å². The number of benzene rings is 3. The van der Waals surface area contributed by atoms with Gasteiger partial charge in [-0.3, -0.25) is 14.5 Å². The summed E-state index contributed by atoms with van der Waals surface area (Å²) in [6.45, 7) is -0.134. The second-order valence-electron chi connectivity index (χ2n) is 9.39. The molecule has 2 aromatic heterocycles. The molecule has 0 saturated heterocycles. The van der Waals surface area contributed by atoms with Crippen molar-refractivity contribution in [2.24, 2.45) is 0 Å². The van der Waals surface area contributed by atoms with Gasteiger partial charge >= 0.3 is 0 Å². The molecule has 1 atom stereocenters. The van der Waals surface area contributed by atoms with Crippen LogP contribution >= 0.6 is 11.8 Å². The molecule has 1 N–H and O–H groups in total. The number of nitrogens with zero attached hydrogens (tertiary/aromatic N) is 3. The van der Waals surface area contributed by atoms with E-state index >= 15 is 4.39 Å². The number of aromatic nitrogens is 2. The summed E-state index contributed by atoms with van der Waals surface area (Å²) in [6, 6.07) is 25.5. The van der Waals surface area contributed by atoms with Gasteiger partial charge in [-0.2, -0.15) is 5.10 Å². The minimum Gasteiger partial charge on any atom is -0.467 e. The van der Waals surface area contributed by atoms with E-state index in [9.17, 15) is 14.0 Å². The molecule has 0 bridgehead atoms. The second kappa shape index (κ2) is 11.4. The molecule has 0 unspecified atom stereocenters. The molecule has 7 nitrogen and oxygen atoms in total. The molecule has 0 fully saturated rings. The fraction of sp³-hybridized carbons (Fsp3) is 0.129. The summed E-state index contributed by atoms with van der Waals surface area (Å²) in [5.74, 6) is -1.28. The first kappa shape index (κ1) is 26.5. The standard InChI is InChI=1S/C31H24F2N4O3S/c32-21-13-14-24(25(33)16-21)30-28-29(20-8-3-1-4-9-20)35-37(22-10-5-2-6-11-22)31(28)36(27(39)19-41-30)18-26(38)34-17-23-12-7-15-40-23/h1-16,30H,17-19H2,(H,34,38)/t30-/m1/s1. The Morgan fingerprint density at radius 2 is 1.76 bits per heavy atom. The molecular weight excluding hydrogens is 546 g/mol. The molecule has 2 amide bonds. The number of carbonyl (C=O) groups excluding carboxylic acids is 2. The zero-order valence-corrected chi connectivity index (χ0v) is 22.5. The van der Waals surface area contributed by atoms with Crippen molar-refractivity contribution in [1.29, 1.82) is 0 Å². The van der Waals surface area contributed by atoms with Crippen molar-refractivity contribution < 1.29 is 22.8 Å². The van der Waals surface area contributed by atoms with Crippen LogP contribution in [0.1, 0.15) is 22.1 Å². The average molecular weight is 571 g/mol. The number of furan rings is 1. The summed E-state index contributed by atoms with van der Waals surface area (Å²) >= 11 is 1.21. The number of hydrogen-bond donors (Lipinski definition) is 1. The fourth-order valence-electron chi connectivity index (χ4n) is 4.84. The van der Waals surface area contributed by atoms with Crippen molar-refractivity contribution in [3.63, 3.8) is 0 Å². The molecule has 0 radical (unpaired) electrons. The minimum atomic E-state index is -0.725. The van der Waals surface area contributed by atoms with E-state index in [0.717, 1.165) is 11.6 Å². The van der Waals surface area contributed by atoms with Crippen LogP contribution in [0.15, 0.2) is 102 Å². The van der Waals surface area contributed by atoms with E-state index in [4.69, 9.17) is 9.52 Å². The summed E-state index contributed by atoms with van der Waals surface area (Å²) < 4.78 is 36.2. The van der Waals surface area contributed by atoms with Gasteiger partial charge in [0, 0.05) is 22.8 Å². The van der Waals surface area contributed by atoms with Crippen LogP contribution in [0.2, 0.25) is 0 Å². The lowest BCUT2D eigenvalue weighted by Crippen LogP contribution is -2.42. The van der Waals surface area contributed by atoms with Gasteiger partial charge in [-0.05, 0) is 30.3 Å². The van der Waals surface area contributed by atoms with Crippen LogP contribution in [0.25, 0.3) is 16.9 Å². The van der Waals surface area contributed by atoms with Crippen LogP contribution in [-0.2, 0) is 16.1 Å². The quantitative estimate of drug-likeness (QED) is 0.264. The number of fused-ring (bicyclic) bond motifs is 1. The zero-order valence-electron chi connectivity index (χ0n) is 21.7. The van der Waals surface area contributed by atoms with Crippen LogP contribution in [0, 0.1) is 11.6 Å². The predicted octanol–water partition coefficient (Wildman–Crippen LogP) is 5.90. The lowest BCUT2D eigenvalue weighted by molar-refractivity contribution is -0.123. The van der Waals surface area contributed by atoms with Crippen molar-refractivity contribution in [1.82, 2.24) is 15.1 Å². The third-order valence-electron chi connectivity index (χ3n) is 6.72. The molecule has 5 aromatic rings. The molecule has 3 heterocycles. The molecule has 41 heavy (non-hydrogen) atoms.